The second-order valence-corrected chi connectivity index (χ2v) is 7.05. The van der Waals surface area contributed by atoms with Crippen LogP contribution in [0.1, 0.15) is 39.0 Å². The summed E-state index contributed by atoms with van der Waals surface area (Å²) in [6.07, 6.45) is 9.59. The number of nitrogens with zero attached hydrogens (tertiary/aromatic N) is 1. The molecule has 1 aliphatic rings. The van der Waals surface area contributed by atoms with Gasteiger partial charge >= 0.3 is 0 Å². The quantitative estimate of drug-likeness (QED) is 0.270. The molecular weight excluding hydrogens is 288 g/mol. The fourth-order valence-corrected chi connectivity index (χ4v) is 2.68. The highest BCUT2D eigenvalue weighted by molar-refractivity contribution is 7.88. The summed E-state index contributed by atoms with van der Waals surface area (Å²) >= 11 is 0. The van der Waals surface area contributed by atoms with Crippen molar-refractivity contribution in [2.75, 3.05) is 32.4 Å². The minimum atomic E-state index is -3.13. The van der Waals surface area contributed by atoms with Crippen molar-refractivity contribution in [3.05, 3.63) is 11.6 Å². The van der Waals surface area contributed by atoms with E-state index in [9.17, 15) is 8.42 Å². The fraction of sp³-hybridized carbons (Fsp3) is 0.786. The highest BCUT2D eigenvalue weighted by Crippen LogP contribution is 2.19. The van der Waals surface area contributed by atoms with Crippen LogP contribution in [0.3, 0.4) is 0 Å². The molecule has 0 aromatic carbocycles. The Morgan fingerprint density at radius 2 is 2.10 bits per heavy atom. The van der Waals surface area contributed by atoms with E-state index in [2.05, 4.69) is 26.4 Å². The Hall–Kier alpha value is -1.08. The third-order valence-corrected chi connectivity index (χ3v) is 3.94. The summed E-state index contributed by atoms with van der Waals surface area (Å²) in [6.45, 7) is 4.40. The average molecular weight is 316 g/mol. The zero-order chi connectivity index (χ0) is 15.6. The van der Waals surface area contributed by atoms with E-state index in [1.807, 2.05) is 6.92 Å². The van der Waals surface area contributed by atoms with Crippen molar-refractivity contribution in [2.24, 2.45) is 4.99 Å². The molecule has 6 nitrogen and oxygen atoms in total. The van der Waals surface area contributed by atoms with Gasteiger partial charge in [0.15, 0.2) is 5.96 Å². The van der Waals surface area contributed by atoms with Crippen LogP contribution in [0.4, 0.5) is 0 Å². The Morgan fingerprint density at radius 1 is 1.29 bits per heavy atom. The van der Waals surface area contributed by atoms with Crippen LogP contribution in [-0.4, -0.2) is 46.8 Å². The highest BCUT2D eigenvalue weighted by atomic mass is 32.2. The van der Waals surface area contributed by atoms with Crippen LogP contribution in [0.5, 0.6) is 0 Å². The van der Waals surface area contributed by atoms with Crippen LogP contribution in [0.25, 0.3) is 0 Å². The molecule has 0 saturated heterocycles. The molecule has 0 atom stereocenters. The molecule has 3 N–H and O–H groups in total. The first-order valence-electron chi connectivity index (χ1n) is 7.66. The van der Waals surface area contributed by atoms with E-state index in [0.717, 1.165) is 31.7 Å². The minimum Gasteiger partial charge on any atom is -0.357 e. The number of nitrogens with one attached hydrogen (secondary N) is 3. The summed E-state index contributed by atoms with van der Waals surface area (Å²) in [4.78, 5) is 4.35. The molecule has 21 heavy (non-hydrogen) atoms. The van der Waals surface area contributed by atoms with Gasteiger partial charge < -0.3 is 10.6 Å². The van der Waals surface area contributed by atoms with Crippen molar-refractivity contribution >= 4 is 16.0 Å². The largest absolute Gasteiger partial charge is 0.357 e. The minimum absolute atomic E-state index is 0.320. The van der Waals surface area contributed by atoms with Gasteiger partial charge in [-0.25, -0.2) is 13.1 Å². The molecule has 122 valence electrons. The molecular formula is C14H28N4O2S. The van der Waals surface area contributed by atoms with E-state index < -0.39 is 10.0 Å². The topological polar surface area (TPSA) is 82.6 Å². The van der Waals surface area contributed by atoms with Crippen LogP contribution < -0.4 is 15.4 Å². The molecule has 0 heterocycles. The Morgan fingerprint density at radius 3 is 2.71 bits per heavy atom. The number of aliphatic imine (C=N–C) groups is 1. The Bertz CT molecular complexity index is 458. The lowest BCUT2D eigenvalue weighted by Crippen LogP contribution is -2.38. The molecule has 0 spiro atoms. The summed E-state index contributed by atoms with van der Waals surface area (Å²) in [5, 5.41) is 6.45. The molecule has 0 aliphatic heterocycles. The van der Waals surface area contributed by atoms with E-state index >= 15 is 0 Å². The van der Waals surface area contributed by atoms with E-state index in [4.69, 9.17) is 0 Å². The van der Waals surface area contributed by atoms with Crippen LogP contribution in [0.2, 0.25) is 0 Å². The van der Waals surface area contributed by atoms with Crippen LogP contribution in [0, 0.1) is 0 Å². The van der Waals surface area contributed by atoms with Gasteiger partial charge in [0.25, 0.3) is 0 Å². The first-order valence-corrected chi connectivity index (χ1v) is 9.55. The predicted molar refractivity (Wildman–Crippen MR) is 88.0 cm³/mol. The molecule has 0 bridgehead atoms. The lowest BCUT2D eigenvalue weighted by molar-refractivity contribution is 0.588. The maximum Gasteiger partial charge on any atom is 0.208 e. The van der Waals surface area contributed by atoms with Crippen molar-refractivity contribution < 1.29 is 8.42 Å². The van der Waals surface area contributed by atoms with Gasteiger partial charge in [0.2, 0.25) is 10.0 Å². The first kappa shape index (κ1) is 18.0. The summed E-state index contributed by atoms with van der Waals surface area (Å²) in [6, 6.07) is 0. The Balaban J connectivity index is 2.29. The summed E-state index contributed by atoms with van der Waals surface area (Å²) in [7, 11) is -3.13. The second kappa shape index (κ2) is 9.78. The number of rotatable bonds is 8. The summed E-state index contributed by atoms with van der Waals surface area (Å²) < 4.78 is 24.3. The van der Waals surface area contributed by atoms with Crippen molar-refractivity contribution in [3.63, 3.8) is 0 Å². The van der Waals surface area contributed by atoms with Gasteiger partial charge in [-0.15, -0.1) is 0 Å². The lowest BCUT2D eigenvalue weighted by Gasteiger charge is -2.15. The van der Waals surface area contributed by atoms with E-state index in [1.54, 1.807) is 0 Å². The third kappa shape index (κ3) is 9.47. The Kier molecular flexibility index (Phi) is 8.37. The van der Waals surface area contributed by atoms with Crippen molar-refractivity contribution in [2.45, 2.75) is 39.0 Å². The number of hydrogen-bond donors (Lipinski definition) is 3. The Labute approximate surface area is 128 Å². The number of sulfonamides is 1. The second-order valence-electron chi connectivity index (χ2n) is 5.21. The maximum atomic E-state index is 11.0. The maximum absolute atomic E-state index is 11.0. The van der Waals surface area contributed by atoms with Crippen molar-refractivity contribution in [1.82, 2.24) is 15.4 Å². The first-order chi connectivity index (χ1) is 10.0. The molecule has 7 heteroatoms. The van der Waals surface area contributed by atoms with E-state index in [0.29, 0.717) is 13.1 Å². The number of allylic oxidation sites excluding steroid dienone is 1. The molecule has 0 fully saturated rings. The van der Waals surface area contributed by atoms with Crippen molar-refractivity contribution in [3.8, 4) is 0 Å². The molecule has 1 aliphatic carbocycles. The van der Waals surface area contributed by atoms with Gasteiger partial charge in [-0.3, -0.25) is 4.99 Å². The van der Waals surface area contributed by atoms with E-state index in [-0.39, 0.29) is 0 Å². The van der Waals surface area contributed by atoms with Gasteiger partial charge in [0.1, 0.15) is 0 Å². The van der Waals surface area contributed by atoms with Gasteiger partial charge in [-0.05, 0) is 39.0 Å². The molecule has 0 amide bonds. The SMILES string of the molecule is CCNC(=NCCNS(C)(=O)=O)NCCC1=CCCCC1. The van der Waals surface area contributed by atoms with Crippen molar-refractivity contribution in [1.29, 1.82) is 0 Å². The number of hydrogen-bond acceptors (Lipinski definition) is 3. The fourth-order valence-electron chi connectivity index (χ4n) is 2.21. The smallest absolute Gasteiger partial charge is 0.208 e. The summed E-state index contributed by atoms with van der Waals surface area (Å²) in [5.41, 5.74) is 1.53. The van der Waals surface area contributed by atoms with E-state index in [1.165, 1.54) is 31.3 Å². The van der Waals surface area contributed by atoms with Crippen LogP contribution in [-0.2, 0) is 10.0 Å². The monoisotopic (exact) mass is 316 g/mol. The van der Waals surface area contributed by atoms with Gasteiger partial charge in [-0.1, -0.05) is 11.6 Å². The third-order valence-electron chi connectivity index (χ3n) is 3.21. The zero-order valence-corrected chi connectivity index (χ0v) is 13.9. The van der Waals surface area contributed by atoms with Gasteiger partial charge in [-0.2, -0.15) is 0 Å². The van der Waals surface area contributed by atoms with Crippen LogP contribution in [0.15, 0.2) is 16.6 Å². The average Bonchev–Trinajstić information content (AvgIpc) is 2.43. The molecule has 0 saturated carbocycles. The lowest BCUT2D eigenvalue weighted by atomic mass is 9.97. The molecule has 0 aromatic heterocycles. The van der Waals surface area contributed by atoms with Gasteiger partial charge in [0, 0.05) is 19.6 Å². The summed E-state index contributed by atoms with van der Waals surface area (Å²) in [5.74, 6) is 0.740. The van der Waals surface area contributed by atoms with Gasteiger partial charge in [0.05, 0.1) is 12.8 Å². The predicted octanol–water partition coefficient (Wildman–Crippen LogP) is 0.981. The molecule has 0 aromatic rings. The molecule has 0 unspecified atom stereocenters. The van der Waals surface area contributed by atoms with Crippen LogP contribution >= 0.6 is 0 Å². The normalized spacial score (nSPS) is 16.5. The highest BCUT2D eigenvalue weighted by Gasteiger charge is 2.04. The molecule has 0 radical (unpaired) electrons. The zero-order valence-electron chi connectivity index (χ0n) is 13.1. The molecule has 1 rings (SSSR count). The standard InChI is InChI=1S/C14H28N4O2S/c1-3-15-14(17-11-12-18-21(2,19)20)16-10-9-13-7-5-4-6-8-13/h7,18H,3-6,8-12H2,1-2H3,(H2,15,16,17). The number of guanidine groups is 1.